The van der Waals surface area contributed by atoms with E-state index in [2.05, 4.69) is 4.72 Å². The van der Waals surface area contributed by atoms with Crippen LogP contribution < -0.4 is 4.72 Å². The number of anilines is 1. The summed E-state index contributed by atoms with van der Waals surface area (Å²) < 4.78 is 28.1. The highest BCUT2D eigenvalue weighted by Gasteiger charge is 2.22. The molecule has 3 aromatic carbocycles. The van der Waals surface area contributed by atoms with Crippen molar-refractivity contribution in [3.8, 4) is 0 Å². The Morgan fingerprint density at radius 1 is 1.03 bits per heavy atom. The summed E-state index contributed by atoms with van der Waals surface area (Å²) in [6, 6.07) is 18.3. The summed E-state index contributed by atoms with van der Waals surface area (Å²) in [5.41, 5.74) is 2.15. The minimum atomic E-state index is -3.89. The van der Waals surface area contributed by atoms with E-state index in [-0.39, 0.29) is 16.1 Å². The largest absolute Gasteiger partial charge is 0.335 e. The van der Waals surface area contributed by atoms with Crippen molar-refractivity contribution >= 4 is 27.3 Å². The predicted octanol–water partition coefficient (Wildman–Crippen LogP) is 4.54. The summed E-state index contributed by atoms with van der Waals surface area (Å²) in [7, 11) is -2.32. The molecule has 0 aliphatic carbocycles. The number of nitro benzene ring substituents is 1. The molecule has 1 amide bonds. The quantitative estimate of drug-likeness (QED) is 0.417. The topological polar surface area (TPSA) is 110 Å². The molecule has 0 saturated carbocycles. The van der Waals surface area contributed by atoms with Gasteiger partial charge in [0.1, 0.15) is 0 Å². The van der Waals surface area contributed by atoms with E-state index in [4.69, 9.17) is 0 Å². The normalized spacial score (nSPS) is 12.1. The lowest BCUT2D eigenvalue weighted by molar-refractivity contribution is -0.384. The molecule has 0 spiro atoms. The molecule has 0 aliphatic rings. The molecule has 8 nitrogen and oxygen atoms in total. The number of hydrogen-bond acceptors (Lipinski definition) is 5. The first kappa shape index (κ1) is 23.0. The summed E-state index contributed by atoms with van der Waals surface area (Å²) >= 11 is 0. The molecule has 0 unspecified atom stereocenters. The second kappa shape index (κ2) is 9.19. The number of nitro groups is 1. The van der Waals surface area contributed by atoms with Gasteiger partial charge in [0.15, 0.2) is 0 Å². The number of nitrogens with one attached hydrogen (secondary N) is 1. The zero-order valence-electron chi connectivity index (χ0n) is 17.8. The number of non-ortho nitro benzene ring substituents is 1. The van der Waals surface area contributed by atoms with E-state index in [0.717, 1.165) is 5.56 Å². The van der Waals surface area contributed by atoms with E-state index in [1.807, 2.05) is 6.92 Å². The number of amides is 1. The maximum absolute atomic E-state index is 13.0. The average molecular weight is 454 g/mol. The van der Waals surface area contributed by atoms with Crippen LogP contribution in [0.5, 0.6) is 0 Å². The standard InChI is InChI=1S/C23H23N3O5S/c1-16-10-12-20(13-11-16)24-32(30,31)22-9-5-7-19(15-22)23(27)25(3)17(2)18-6-4-8-21(14-18)26(28)29/h4-15,17,24H,1-3H3/t17-/m0/s1. The van der Waals surface area contributed by atoms with Crippen molar-refractivity contribution in [3.63, 3.8) is 0 Å². The number of benzene rings is 3. The van der Waals surface area contributed by atoms with Gasteiger partial charge >= 0.3 is 0 Å². The molecule has 3 rings (SSSR count). The summed E-state index contributed by atoms with van der Waals surface area (Å²) in [6.07, 6.45) is 0. The third-order valence-corrected chi connectivity index (χ3v) is 6.54. The smallest absolute Gasteiger partial charge is 0.269 e. The number of rotatable bonds is 7. The summed E-state index contributed by atoms with van der Waals surface area (Å²) in [4.78, 5) is 25.0. The molecule has 166 valence electrons. The first-order valence-electron chi connectivity index (χ1n) is 9.79. The number of nitrogens with zero attached hydrogens (tertiary/aromatic N) is 2. The van der Waals surface area contributed by atoms with Crippen molar-refractivity contribution in [2.75, 3.05) is 11.8 Å². The van der Waals surface area contributed by atoms with Gasteiger partial charge in [-0.25, -0.2) is 8.42 Å². The molecular weight excluding hydrogens is 430 g/mol. The molecule has 0 aliphatic heterocycles. The Balaban J connectivity index is 1.83. The number of sulfonamides is 1. The van der Waals surface area contributed by atoms with E-state index in [9.17, 15) is 23.3 Å². The molecule has 1 N–H and O–H groups in total. The van der Waals surface area contributed by atoms with Crippen LogP contribution in [0.15, 0.2) is 77.7 Å². The van der Waals surface area contributed by atoms with E-state index >= 15 is 0 Å². The molecular formula is C23H23N3O5S. The summed E-state index contributed by atoms with van der Waals surface area (Å²) in [5.74, 6) is -0.406. The zero-order chi connectivity index (χ0) is 23.5. The first-order chi connectivity index (χ1) is 15.1. The van der Waals surface area contributed by atoms with E-state index in [0.29, 0.717) is 11.3 Å². The second-order valence-corrected chi connectivity index (χ2v) is 9.13. The molecule has 0 radical (unpaired) electrons. The molecule has 0 bridgehead atoms. The van der Waals surface area contributed by atoms with Crippen LogP contribution in [0.1, 0.15) is 34.5 Å². The zero-order valence-corrected chi connectivity index (χ0v) is 18.7. The van der Waals surface area contributed by atoms with Crippen LogP contribution in [0.3, 0.4) is 0 Å². The summed E-state index contributed by atoms with van der Waals surface area (Å²) in [6.45, 7) is 3.65. The minimum Gasteiger partial charge on any atom is -0.335 e. The molecule has 0 heterocycles. The second-order valence-electron chi connectivity index (χ2n) is 7.44. The minimum absolute atomic E-state index is 0.0414. The molecule has 0 fully saturated rings. The fourth-order valence-electron chi connectivity index (χ4n) is 3.13. The van der Waals surface area contributed by atoms with Crippen LogP contribution in [0.2, 0.25) is 0 Å². The Morgan fingerprint density at radius 3 is 2.34 bits per heavy atom. The SMILES string of the molecule is Cc1ccc(NS(=O)(=O)c2cccc(C(=O)N(C)[C@@H](C)c3cccc([N+](=O)[O-])c3)c2)cc1. The number of hydrogen-bond donors (Lipinski definition) is 1. The van der Waals surface area contributed by atoms with Gasteiger partial charge in [0.25, 0.3) is 21.6 Å². The Hall–Kier alpha value is -3.72. The number of carbonyl (C=O) groups is 1. The van der Waals surface area contributed by atoms with Gasteiger partial charge in [-0.2, -0.15) is 0 Å². The van der Waals surface area contributed by atoms with Crippen LogP contribution >= 0.6 is 0 Å². The van der Waals surface area contributed by atoms with Gasteiger partial charge in [0, 0.05) is 30.4 Å². The summed E-state index contributed by atoms with van der Waals surface area (Å²) in [5, 5.41) is 11.0. The molecule has 9 heteroatoms. The predicted molar refractivity (Wildman–Crippen MR) is 122 cm³/mol. The number of aryl methyl sites for hydroxylation is 1. The fraction of sp³-hybridized carbons (Fsp3) is 0.174. The third-order valence-electron chi connectivity index (χ3n) is 5.16. The van der Waals surface area contributed by atoms with Crippen LogP contribution in [0.25, 0.3) is 0 Å². The van der Waals surface area contributed by atoms with Gasteiger partial charge in [0.2, 0.25) is 0 Å². The maximum atomic E-state index is 13.0. The fourth-order valence-corrected chi connectivity index (χ4v) is 4.24. The Kier molecular flexibility index (Phi) is 6.59. The number of carbonyl (C=O) groups excluding carboxylic acids is 1. The van der Waals surface area contributed by atoms with Gasteiger partial charge in [-0.3, -0.25) is 19.6 Å². The van der Waals surface area contributed by atoms with Gasteiger partial charge in [-0.1, -0.05) is 35.9 Å². The Morgan fingerprint density at radius 2 is 1.69 bits per heavy atom. The van der Waals surface area contributed by atoms with E-state index in [1.165, 1.54) is 41.3 Å². The highest BCUT2D eigenvalue weighted by molar-refractivity contribution is 7.92. The molecule has 32 heavy (non-hydrogen) atoms. The van der Waals surface area contributed by atoms with Crippen molar-refractivity contribution in [2.45, 2.75) is 24.8 Å². The van der Waals surface area contributed by atoms with Crippen molar-refractivity contribution in [2.24, 2.45) is 0 Å². The van der Waals surface area contributed by atoms with Crippen molar-refractivity contribution in [3.05, 3.63) is 99.6 Å². The van der Waals surface area contributed by atoms with Crippen molar-refractivity contribution in [1.82, 2.24) is 4.90 Å². The lowest BCUT2D eigenvalue weighted by atomic mass is 10.1. The Labute approximate surface area is 186 Å². The van der Waals surface area contributed by atoms with Crippen LogP contribution in [0.4, 0.5) is 11.4 Å². The van der Waals surface area contributed by atoms with Gasteiger partial charge in [0.05, 0.1) is 15.9 Å². The lowest BCUT2D eigenvalue weighted by Gasteiger charge is -2.25. The van der Waals surface area contributed by atoms with Crippen LogP contribution in [-0.4, -0.2) is 31.2 Å². The lowest BCUT2D eigenvalue weighted by Crippen LogP contribution is -2.30. The van der Waals surface area contributed by atoms with Crippen LogP contribution in [0, 0.1) is 17.0 Å². The molecule has 3 aromatic rings. The van der Waals surface area contributed by atoms with Gasteiger partial charge in [-0.05, 0) is 49.7 Å². The van der Waals surface area contributed by atoms with Gasteiger partial charge < -0.3 is 4.90 Å². The highest BCUT2D eigenvalue weighted by atomic mass is 32.2. The first-order valence-corrected chi connectivity index (χ1v) is 11.3. The van der Waals surface area contributed by atoms with Crippen molar-refractivity contribution < 1.29 is 18.1 Å². The molecule has 1 atom stereocenters. The Bertz CT molecular complexity index is 1260. The van der Waals surface area contributed by atoms with Gasteiger partial charge in [-0.15, -0.1) is 0 Å². The van der Waals surface area contributed by atoms with E-state index < -0.39 is 26.9 Å². The molecule has 0 aromatic heterocycles. The van der Waals surface area contributed by atoms with Crippen molar-refractivity contribution in [1.29, 1.82) is 0 Å². The van der Waals surface area contributed by atoms with Crippen LogP contribution in [-0.2, 0) is 10.0 Å². The highest BCUT2D eigenvalue weighted by Crippen LogP contribution is 2.25. The third kappa shape index (κ3) is 5.12. The maximum Gasteiger partial charge on any atom is 0.269 e. The monoisotopic (exact) mass is 453 g/mol. The van der Waals surface area contributed by atoms with E-state index in [1.54, 1.807) is 50.4 Å². The molecule has 0 saturated heterocycles. The average Bonchev–Trinajstić information content (AvgIpc) is 2.79.